The monoisotopic (exact) mass is 375 g/mol. The van der Waals surface area contributed by atoms with Crippen molar-refractivity contribution in [1.82, 2.24) is 0 Å². The van der Waals surface area contributed by atoms with Crippen LogP contribution < -0.4 is 10.1 Å². The zero-order chi connectivity index (χ0) is 16.8. The van der Waals surface area contributed by atoms with Crippen LogP contribution in [0.1, 0.15) is 15.9 Å². The zero-order valence-electron chi connectivity index (χ0n) is 12.2. The number of carboxylic acids is 1. The van der Waals surface area contributed by atoms with Crippen molar-refractivity contribution in [2.45, 2.75) is 0 Å². The first-order chi connectivity index (χ1) is 11.0. The number of amides is 1. The maximum absolute atomic E-state index is 12.0. The highest BCUT2D eigenvalue weighted by molar-refractivity contribution is 9.10. The summed E-state index contributed by atoms with van der Waals surface area (Å²) in [6, 6.07) is 11.6. The SMILES string of the molecule is COc1ccc(Br)cc1C=CC(=O)Nc1ccccc1C(=O)O. The van der Waals surface area contributed by atoms with E-state index in [-0.39, 0.29) is 11.3 Å². The molecular formula is C17H14BrNO4. The second kappa shape index (κ2) is 7.60. The van der Waals surface area contributed by atoms with E-state index in [4.69, 9.17) is 9.84 Å². The Morgan fingerprint density at radius 3 is 2.65 bits per heavy atom. The summed E-state index contributed by atoms with van der Waals surface area (Å²) in [5, 5.41) is 11.6. The normalized spacial score (nSPS) is 10.5. The molecule has 0 aromatic heterocycles. The van der Waals surface area contributed by atoms with Crippen LogP contribution >= 0.6 is 15.9 Å². The molecule has 0 aliphatic carbocycles. The summed E-state index contributed by atoms with van der Waals surface area (Å²) in [6.45, 7) is 0. The number of hydrogen-bond donors (Lipinski definition) is 2. The molecule has 0 atom stereocenters. The molecule has 0 saturated heterocycles. The van der Waals surface area contributed by atoms with Crippen LogP contribution in [-0.2, 0) is 4.79 Å². The summed E-state index contributed by atoms with van der Waals surface area (Å²) >= 11 is 3.36. The Labute approximate surface area is 141 Å². The molecule has 0 aliphatic heterocycles. The van der Waals surface area contributed by atoms with Gasteiger partial charge in [0, 0.05) is 16.1 Å². The fourth-order valence-corrected chi connectivity index (χ4v) is 2.33. The van der Waals surface area contributed by atoms with Crippen molar-refractivity contribution in [2.24, 2.45) is 0 Å². The first kappa shape index (κ1) is 16.8. The molecule has 0 aliphatic rings. The van der Waals surface area contributed by atoms with Crippen LogP contribution in [0.3, 0.4) is 0 Å². The van der Waals surface area contributed by atoms with Gasteiger partial charge in [-0.1, -0.05) is 28.1 Å². The average Bonchev–Trinajstić information content (AvgIpc) is 2.53. The minimum absolute atomic E-state index is 0.0364. The number of rotatable bonds is 5. The highest BCUT2D eigenvalue weighted by Gasteiger charge is 2.10. The minimum Gasteiger partial charge on any atom is -0.496 e. The van der Waals surface area contributed by atoms with E-state index in [9.17, 15) is 9.59 Å². The van der Waals surface area contributed by atoms with E-state index in [0.717, 1.165) is 10.0 Å². The number of aromatic carboxylic acids is 1. The van der Waals surface area contributed by atoms with Crippen LogP contribution in [0.25, 0.3) is 6.08 Å². The predicted molar refractivity (Wildman–Crippen MR) is 91.8 cm³/mol. The molecule has 0 unspecified atom stereocenters. The lowest BCUT2D eigenvalue weighted by Crippen LogP contribution is -2.11. The number of carbonyl (C=O) groups is 2. The van der Waals surface area contributed by atoms with Crippen molar-refractivity contribution in [1.29, 1.82) is 0 Å². The van der Waals surface area contributed by atoms with Gasteiger partial charge in [0.2, 0.25) is 5.91 Å². The molecule has 118 valence electrons. The quantitative estimate of drug-likeness (QED) is 0.779. The van der Waals surface area contributed by atoms with Crippen molar-refractivity contribution >= 4 is 39.6 Å². The van der Waals surface area contributed by atoms with Crippen molar-refractivity contribution < 1.29 is 19.4 Å². The molecule has 0 fully saturated rings. The third-order valence-electron chi connectivity index (χ3n) is 3.02. The van der Waals surface area contributed by atoms with Crippen molar-refractivity contribution in [3.63, 3.8) is 0 Å². The average molecular weight is 376 g/mol. The Kier molecular flexibility index (Phi) is 5.54. The number of carbonyl (C=O) groups excluding carboxylic acids is 1. The molecule has 2 aromatic carbocycles. The highest BCUT2D eigenvalue weighted by atomic mass is 79.9. The number of nitrogens with one attached hydrogen (secondary N) is 1. The maximum atomic E-state index is 12.0. The van der Waals surface area contributed by atoms with Crippen LogP contribution in [0.4, 0.5) is 5.69 Å². The second-order valence-electron chi connectivity index (χ2n) is 4.56. The maximum Gasteiger partial charge on any atom is 0.337 e. The number of anilines is 1. The van der Waals surface area contributed by atoms with Gasteiger partial charge in [0.25, 0.3) is 0 Å². The van der Waals surface area contributed by atoms with Crippen LogP contribution in [0, 0.1) is 0 Å². The summed E-state index contributed by atoms with van der Waals surface area (Å²) < 4.78 is 6.08. The van der Waals surface area contributed by atoms with Crippen molar-refractivity contribution in [2.75, 3.05) is 12.4 Å². The number of ether oxygens (including phenoxy) is 1. The van der Waals surface area contributed by atoms with Crippen LogP contribution in [0.2, 0.25) is 0 Å². The molecule has 0 saturated carbocycles. The van der Waals surface area contributed by atoms with E-state index >= 15 is 0 Å². The standard InChI is InChI=1S/C17H14BrNO4/c1-23-15-8-7-12(18)10-11(15)6-9-16(20)19-14-5-3-2-4-13(14)17(21)22/h2-10H,1H3,(H,19,20)(H,21,22). The largest absolute Gasteiger partial charge is 0.496 e. The van der Waals surface area contributed by atoms with Crippen molar-refractivity contribution in [3.8, 4) is 5.75 Å². The first-order valence-corrected chi connectivity index (χ1v) is 7.45. The van der Waals surface area contributed by atoms with Gasteiger partial charge in [-0.3, -0.25) is 4.79 Å². The number of hydrogen-bond acceptors (Lipinski definition) is 3. The van der Waals surface area contributed by atoms with Gasteiger partial charge in [0.05, 0.1) is 18.4 Å². The Hall–Kier alpha value is -2.60. The fraction of sp³-hybridized carbons (Fsp3) is 0.0588. The lowest BCUT2D eigenvalue weighted by atomic mass is 10.1. The molecule has 0 bridgehead atoms. The number of benzene rings is 2. The van der Waals surface area contributed by atoms with Gasteiger partial charge < -0.3 is 15.2 Å². The Morgan fingerprint density at radius 2 is 1.96 bits per heavy atom. The van der Waals surface area contributed by atoms with Crippen molar-refractivity contribution in [3.05, 3.63) is 64.1 Å². The predicted octanol–water partition coefficient (Wildman–Crippen LogP) is 3.81. The van der Waals surface area contributed by atoms with Crippen LogP contribution in [-0.4, -0.2) is 24.1 Å². The van der Waals surface area contributed by atoms with E-state index in [0.29, 0.717) is 5.75 Å². The zero-order valence-corrected chi connectivity index (χ0v) is 13.8. The molecular weight excluding hydrogens is 362 g/mol. The molecule has 2 rings (SSSR count). The summed E-state index contributed by atoms with van der Waals surface area (Å²) in [5.41, 5.74) is 1.01. The second-order valence-corrected chi connectivity index (χ2v) is 5.48. The Morgan fingerprint density at radius 1 is 1.22 bits per heavy atom. The number of carboxylic acid groups (broad SMARTS) is 1. The molecule has 0 radical (unpaired) electrons. The lowest BCUT2D eigenvalue weighted by Gasteiger charge is -2.07. The number of methoxy groups -OCH3 is 1. The Balaban J connectivity index is 2.17. The van der Waals surface area contributed by atoms with E-state index < -0.39 is 11.9 Å². The fourth-order valence-electron chi connectivity index (χ4n) is 1.95. The molecule has 2 aromatic rings. The molecule has 6 heteroatoms. The molecule has 0 heterocycles. The minimum atomic E-state index is -1.10. The molecule has 2 N–H and O–H groups in total. The number of para-hydroxylation sites is 1. The Bertz CT molecular complexity index is 771. The third kappa shape index (κ3) is 4.43. The van der Waals surface area contributed by atoms with Crippen LogP contribution in [0.15, 0.2) is 53.0 Å². The van der Waals surface area contributed by atoms with Crippen LogP contribution in [0.5, 0.6) is 5.75 Å². The topological polar surface area (TPSA) is 75.6 Å². The van der Waals surface area contributed by atoms with E-state index in [1.807, 2.05) is 12.1 Å². The summed E-state index contributed by atoms with van der Waals surface area (Å²) in [5.74, 6) is -0.901. The molecule has 23 heavy (non-hydrogen) atoms. The summed E-state index contributed by atoms with van der Waals surface area (Å²) in [4.78, 5) is 23.1. The summed E-state index contributed by atoms with van der Waals surface area (Å²) in [6.07, 6.45) is 2.92. The van der Waals surface area contributed by atoms with Gasteiger partial charge in [-0.15, -0.1) is 0 Å². The molecule has 0 spiro atoms. The third-order valence-corrected chi connectivity index (χ3v) is 3.51. The lowest BCUT2D eigenvalue weighted by molar-refractivity contribution is -0.111. The van der Waals surface area contributed by atoms with E-state index in [1.54, 1.807) is 31.4 Å². The van der Waals surface area contributed by atoms with Gasteiger partial charge in [0.15, 0.2) is 0 Å². The van der Waals surface area contributed by atoms with Gasteiger partial charge in [0.1, 0.15) is 5.75 Å². The number of halogens is 1. The highest BCUT2D eigenvalue weighted by Crippen LogP contribution is 2.24. The first-order valence-electron chi connectivity index (χ1n) is 6.66. The van der Waals surface area contributed by atoms with E-state index in [2.05, 4.69) is 21.2 Å². The molecule has 1 amide bonds. The van der Waals surface area contributed by atoms with E-state index in [1.165, 1.54) is 18.2 Å². The van der Waals surface area contributed by atoms with Gasteiger partial charge in [-0.25, -0.2) is 4.79 Å². The molecule has 5 nitrogen and oxygen atoms in total. The van der Waals surface area contributed by atoms with Gasteiger partial charge in [-0.05, 0) is 36.4 Å². The van der Waals surface area contributed by atoms with Gasteiger partial charge >= 0.3 is 5.97 Å². The van der Waals surface area contributed by atoms with Gasteiger partial charge in [-0.2, -0.15) is 0 Å². The summed E-state index contributed by atoms with van der Waals surface area (Å²) in [7, 11) is 1.55. The smallest absolute Gasteiger partial charge is 0.337 e.